The number of amides is 1. The Labute approximate surface area is 108 Å². The van der Waals surface area contributed by atoms with Gasteiger partial charge in [-0.25, -0.2) is 4.98 Å². The van der Waals surface area contributed by atoms with Gasteiger partial charge in [-0.1, -0.05) is 11.6 Å². The van der Waals surface area contributed by atoms with Gasteiger partial charge >= 0.3 is 6.01 Å². The molecule has 1 heterocycles. The average molecular weight is 265 g/mol. The number of carbonyl (C=O) groups is 1. The van der Waals surface area contributed by atoms with Crippen molar-refractivity contribution in [3.63, 3.8) is 0 Å². The molecule has 0 aliphatic rings. The van der Waals surface area contributed by atoms with Gasteiger partial charge < -0.3 is 16.2 Å². The summed E-state index contributed by atoms with van der Waals surface area (Å²) in [6.07, 6.45) is 1.37. The maximum absolute atomic E-state index is 11.0. The number of nitrogens with two attached hydrogens (primary N) is 2. The van der Waals surface area contributed by atoms with E-state index in [1.807, 2.05) is 0 Å². The Balaban J connectivity index is 2.28. The summed E-state index contributed by atoms with van der Waals surface area (Å²) < 4.78 is 5.34. The fraction of sp³-hybridized carbons (Fsp3) is 0. The smallest absolute Gasteiger partial charge is 0.322 e. The molecule has 18 heavy (non-hydrogen) atoms. The maximum Gasteiger partial charge on any atom is 0.322 e. The van der Waals surface area contributed by atoms with Gasteiger partial charge in [0.25, 0.3) is 5.91 Å². The zero-order valence-electron chi connectivity index (χ0n) is 9.13. The van der Waals surface area contributed by atoms with Crippen LogP contribution < -0.4 is 16.2 Å². The summed E-state index contributed by atoms with van der Waals surface area (Å²) in [4.78, 5) is 18.6. The third kappa shape index (κ3) is 2.67. The Kier molecular flexibility index (Phi) is 3.29. The molecule has 92 valence electrons. The molecule has 0 radical (unpaired) electrons. The van der Waals surface area contributed by atoms with Crippen molar-refractivity contribution in [1.29, 1.82) is 0 Å². The molecule has 0 saturated carbocycles. The van der Waals surface area contributed by atoms with Crippen LogP contribution in [-0.2, 0) is 0 Å². The second kappa shape index (κ2) is 4.89. The molecular formula is C11H9ClN4O2. The molecule has 4 N–H and O–H groups in total. The highest BCUT2D eigenvalue weighted by molar-refractivity contribution is 6.32. The molecule has 1 amide bonds. The number of carbonyl (C=O) groups excluding carboxylic acids is 1. The zero-order valence-corrected chi connectivity index (χ0v) is 9.89. The number of ether oxygens (including phenoxy) is 1. The van der Waals surface area contributed by atoms with Gasteiger partial charge in [0.1, 0.15) is 11.4 Å². The van der Waals surface area contributed by atoms with Gasteiger partial charge in [-0.3, -0.25) is 4.79 Å². The number of rotatable bonds is 3. The molecule has 0 spiro atoms. The first-order valence-electron chi connectivity index (χ1n) is 4.92. The predicted molar refractivity (Wildman–Crippen MR) is 66.5 cm³/mol. The molecule has 1 aromatic carbocycles. The molecule has 6 nitrogen and oxygen atoms in total. The highest BCUT2D eigenvalue weighted by Gasteiger charge is 2.08. The fourth-order valence-electron chi connectivity index (χ4n) is 1.23. The van der Waals surface area contributed by atoms with E-state index in [-0.39, 0.29) is 11.7 Å². The van der Waals surface area contributed by atoms with Crippen LogP contribution in [0.25, 0.3) is 0 Å². The molecule has 0 aliphatic carbocycles. The van der Waals surface area contributed by atoms with Crippen molar-refractivity contribution in [1.82, 2.24) is 9.97 Å². The molecule has 0 aliphatic heterocycles. The first-order valence-corrected chi connectivity index (χ1v) is 5.30. The van der Waals surface area contributed by atoms with Crippen LogP contribution >= 0.6 is 11.6 Å². The third-order valence-electron chi connectivity index (χ3n) is 2.04. The van der Waals surface area contributed by atoms with E-state index in [2.05, 4.69) is 9.97 Å². The van der Waals surface area contributed by atoms with Crippen LogP contribution in [0.3, 0.4) is 0 Å². The zero-order chi connectivity index (χ0) is 13.1. The molecule has 0 atom stereocenters. The number of primary amides is 1. The monoisotopic (exact) mass is 264 g/mol. The van der Waals surface area contributed by atoms with Crippen molar-refractivity contribution in [3.05, 3.63) is 41.2 Å². The molecule has 0 unspecified atom stereocenters. The first-order chi connectivity index (χ1) is 8.56. The number of nitrogens with zero attached hydrogens (tertiary/aromatic N) is 2. The SMILES string of the molecule is NC(=O)c1ccnc(Oc2ccc(N)cc2Cl)n1. The molecule has 0 saturated heterocycles. The van der Waals surface area contributed by atoms with Crippen LogP contribution in [0.4, 0.5) is 5.69 Å². The van der Waals surface area contributed by atoms with Crippen LogP contribution in [0, 0.1) is 0 Å². The number of benzene rings is 1. The summed E-state index contributed by atoms with van der Waals surface area (Å²) in [6, 6.07) is 6.11. The van der Waals surface area contributed by atoms with E-state index in [0.717, 1.165) is 0 Å². The summed E-state index contributed by atoms with van der Waals surface area (Å²) in [7, 11) is 0. The normalized spacial score (nSPS) is 10.1. The van der Waals surface area contributed by atoms with E-state index in [0.29, 0.717) is 16.5 Å². The summed E-state index contributed by atoms with van der Waals surface area (Å²) in [5.41, 5.74) is 11.2. The van der Waals surface area contributed by atoms with Crippen molar-refractivity contribution in [2.45, 2.75) is 0 Å². The summed E-state index contributed by atoms with van der Waals surface area (Å²) >= 11 is 5.93. The van der Waals surface area contributed by atoms with E-state index in [1.54, 1.807) is 12.1 Å². The van der Waals surface area contributed by atoms with Crippen LogP contribution in [-0.4, -0.2) is 15.9 Å². The average Bonchev–Trinajstić information content (AvgIpc) is 2.33. The van der Waals surface area contributed by atoms with E-state index in [9.17, 15) is 4.79 Å². The second-order valence-corrected chi connectivity index (χ2v) is 3.79. The highest BCUT2D eigenvalue weighted by atomic mass is 35.5. The topological polar surface area (TPSA) is 104 Å². The van der Waals surface area contributed by atoms with Gasteiger partial charge in [0.05, 0.1) is 5.02 Å². The Morgan fingerprint density at radius 3 is 2.78 bits per heavy atom. The molecule has 0 fully saturated rings. The van der Waals surface area contributed by atoms with E-state index < -0.39 is 5.91 Å². The van der Waals surface area contributed by atoms with Gasteiger partial charge in [0.15, 0.2) is 0 Å². The largest absolute Gasteiger partial charge is 0.423 e. The minimum absolute atomic E-state index is 0.0158. The van der Waals surface area contributed by atoms with Crippen molar-refractivity contribution in [3.8, 4) is 11.8 Å². The first kappa shape index (κ1) is 12.1. The number of anilines is 1. The fourth-order valence-corrected chi connectivity index (χ4v) is 1.45. The summed E-state index contributed by atoms with van der Waals surface area (Å²) in [6.45, 7) is 0. The predicted octanol–water partition coefficient (Wildman–Crippen LogP) is 1.60. The quantitative estimate of drug-likeness (QED) is 0.820. The molecule has 0 bridgehead atoms. The Bertz CT molecular complexity index is 603. The Morgan fingerprint density at radius 1 is 1.33 bits per heavy atom. The van der Waals surface area contributed by atoms with Gasteiger partial charge in [-0.15, -0.1) is 0 Å². The third-order valence-corrected chi connectivity index (χ3v) is 2.34. The second-order valence-electron chi connectivity index (χ2n) is 3.38. The molecule has 2 aromatic rings. The van der Waals surface area contributed by atoms with Crippen LogP contribution in [0.1, 0.15) is 10.5 Å². The number of aromatic nitrogens is 2. The van der Waals surface area contributed by atoms with Crippen molar-refractivity contribution >= 4 is 23.2 Å². The van der Waals surface area contributed by atoms with Gasteiger partial charge in [-0.05, 0) is 24.3 Å². The summed E-state index contributed by atoms with van der Waals surface area (Å²) in [5, 5.41) is 0.322. The molecule has 2 rings (SSSR count). The number of halogens is 1. The number of hydrogen-bond donors (Lipinski definition) is 2. The van der Waals surface area contributed by atoms with Gasteiger partial charge in [-0.2, -0.15) is 4.98 Å². The van der Waals surface area contributed by atoms with E-state index >= 15 is 0 Å². The minimum atomic E-state index is -0.661. The molecule has 7 heteroatoms. The van der Waals surface area contributed by atoms with Crippen molar-refractivity contribution < 1.29 is 9.53 Å². The lowest BCUT2D eigenvalue weighted by Crippen LogP contribution is -2.13. The molecular weight excluding hydrogens is 256 g/mol. The lowest BCUT2D eigenvalue weighted by atomic mass is 10.3. The van der Waals surface area contributed by atoms with Crippen molar-refractivity contribution in [2.75, 3.05) is 5.73 Å². The van der Waals surface area contributed by atoms with Crippen molar-refractivity contribution in [2.24, 2.45) is 5.73 Å². The van der Waals surface area contributed by atoms with Gasteiger partial charge in [0.2, 0.25) is 0 Å². The number of nitrogen functional groups attached to an aromatic ring is 1. The minimum Gasteiger partial charge on any atom is -0.423 e. The van der Waals surface area contributed by atoms with Crippen LogP contribution in [0.2, 0.25) is 5.02 Å². The lowest BCUT2D eigenvalue weighted by Gasteiger charge is -2.06. The Hall–Kier alpha value is -2.34. The maximum atomic E-state index is 11.0. The number of hydrogen-bond acceptors (Lipinski definition) is 5. The highest BCUT2D eigenvalue weighted by Crippen LogP contribution is 2.29. The van der Waals surface area contributed by atoms with E-state index in [4.69, 9.17) is 27.8 Å². The summed E-state index contributed by atoms with van der Waals surface area (Å²) in [5.74, 6) is -0.321. The standard InChI is InChI=1S/C11H9ClN4O2/c12-7-5-6(13)1-2-9(7)18-11-15-4-3-8(16-11)10(14)17/h1-5H,13H2,(H2,14,17). The lowest BCUT2D eigenvalue weighted by molar-refractivity contribution is 0.0994. The van der Waals surface area contributed by atoms with Gasteiger partial charge in [0, 0.05) is 11.9 Å². The van der Waals surface area contributed by atoms with Crippen LogP contribution in [0.5, 0.6) is 11.8 Å². The Morgan fingerprint density at radius 2 is 2.11 bits per heavy atom. The van der Waals surface area contributed by atoms with Crippen LogP contribution in [0.15, 0.2) is 30.5 Å². The molecule has 1 aromatic heterocycles. The van der Waals surface area contributed by atoms with E-state index in [1.165, 1.54) is 18.3 Å².